The van der Waals surface area contributed by atoms with E-state index in [2.05, 4.69) is 16.0 Å². The second kappa shape index (κ2) is 13.7. The smallest absolute Gasteiger partial charge is 0.236 e. The highest BCUT2D eigenvalue weighted by atomic mass is 16.2. The van der Waals surface area contributed by atoms with Crippen LogP contribution >= 0.6 is 0 Å². The fraction of sp³-hybridized carbons (Fsp3) is 0.923. The van der Waals surface area contributed by atoms with Crippen molar-refractivity contribution in [2.45, 2.75) is 38.6 Å². The lowest BCUT2D eigenvalue weighted by Crippen LogP contribution is -2.39. The van der Waals surface area contributed by atoms with Crippen LogP contribution < -0.4 is 27.4 Å². The lowest BCUT2D eigenvalue weighted by Gasteiger charge is -2.08. The summed E-state index contributed by atoms with van der Waals surface area (Å²) in [6.07, 6.45) is 4.33. The maximum atomic E-state index is 11.2. The highest BCUT2D eigenvalue weighted by Crippen LogP contribution is 1.85. The van der Waals surface area contributed by atoms with Crippen LogP contribution in [0, 0.1) is 0 Å². The predicted octanol–water partition coefficient (Wildman–Crippen LogP) is -0.852. The molecule has 0 aromatic carbocycles. The summed E-state index contributed by atoms with van der Waals surface area (Å²) in [5.41, 5.74) is 10.8. The molecule has 114 valence electrons. The van der Waals surface area contributed by atoms with Crippen molar-refractivity contribution in [1.29, 1.82) is 0 Å². The minimum absolute atomic E-state index is 0.0800. The molecule has 0 saturated heterocycles. The third-order valence-electron chi connectivity index (χ3n) is 2.76. The van der Waals surface area contributed by atoms with Gasteiger partial charge in [0.1, 0.15) is 0 Å². The summed E-state index contributed by atoms with van der Waals surface area (Å²) in [7, 11) is 0. The fourth-order valence-corrected chi connectivity index (χ4v) is 1.56. The Hall–Kier alpha value is -0.690. The van der Waals surface area contributed by atoms with Crippen molar-refractivity contribution in [1.82, 2.24) is 16.0 Å². The van der Waals surface area contributed by atoms with Crippen LogP contribution in [0.1, 0.15) is 32.6 Å². The summed E-state index contributed by atoms with van der Waals surface area (Å²) in [5.74, 6) is -0.0800. The normalized spacial score (nSPS) is 12.4. The zero-order valence-electron chi connectivity index (χ0n) is 12.2. The van der Waals surface area contributed by atoms with Crippen LogP contribution in [0.25, 0.3) is 0 Å². The number of hydrogen-bond acceptors (Lipinski definition) is 5. The lowest BCUT2D eigenvalue weighted by molar-refractivity contribution is -0.121. The summed E-state index contributed by atoms with van der Waals surface area (Å²) in [4.78, 5) is 11.2. The molecule has 0 aromatic rings. The van der Waals surface area contributed by atoms with Crippen LogP contribution in [-0.4, -0.2) is 51.2 Å². The van der Waals surface area contributed by atoms with Gasteiger partial charge in [0.25, 0.3) is 0 Å². The molecule has 0 radical (unpaired) electrons. The largest absolute Gasteiger partial charge is 0.355 e. The Kier molecular flexibility index (Phi) is 13.2. The SMILES string of the molecule is C[C@H](N)C(=O)NCCCNCCCCNCCCN. The summed E-state index contributed by atoms with van der Waals surface area (Å²) in [6.45, 7) is 7.17. The molecule has 6 heteroatoms. The van der Waals surface area contributed by atoms with Gasteiger partial charge < -0.3 is 27.4 Å². The number of rotatable bonds is 13. The van der Waals surface area contributed by atoms with Crippen LogP contribution in [0.15, 0.2) is 0 Å². The minimum atomic E-state index is -0.417. The van der Waals surface area contributed by atoms with E-state index in [0.717, 1.165) is 45.6 Å². The van der Waals surface area contributed by atoms with E-state index in [9.17, 15) is 4.79 Å². The second-order valence-corrected chi connectivity index (χ2v) is 4.78. The van der Waals surface area contributed by atoms with E-state index < -0.39 is 6.04 Å². The molecule has 0 heterocycles. The third kappa shape index (κ3) is 13.5. The van der Waals surface area contributed by atoms with Gasteiger partial charge in [0.15, 0.2) is 0 Å². The van der Waals surface area contributed by atoms with Gasteiger partial charge >= 0.3 is 0 Å². The monoisotopic (exact) mass is 273 g/mol. The Morgan fingerprint density at radius 3 is 2.00 bits per heavy atom. The number of nitrogens with one attached hydrogen (secondary N) is 3. The molecule has 0 bridgehead atoms. The molecule has 1 atom stereocenters. The van der Waals surface area contributed by atoms with Gasteiger partial charge in [0.2, 0.25) is 5.91 Å². The molecule has 0 aromatic heterocycles. The molecule has 0 rings (SSSR count). The van der Waals surface area contributed by atoms with Crippen molar-refractivity contribution >= 4 is 5.91 Å². The van der Waals surface area contributed by atoms with Crippen molar-refractivity contribution in [3.05, 3.63) is 0 Å². The topological polar surface area (TPSA) is 105 Å². The van der Waals surface area contributed by atoms with Gasteiger partial charge in [0.05, 0.1) is 6.04 Å². The standard InChI is InChI=1S/C13H31N5O/c1-12(15)13(19)18-11-5-10-17-8-3-2-7-16-9-4-6-14/h12,16-17H,2-11,14-15H2,1H3,(H,18,19)/t12-/m0/s1. The van der Waals surface area contributed by atoms with Crippen LogP contribution in [0.4, 0.5) is 0 Å². The Labute approximate surface area is 117 Å². The Balaban J connectivity index is 3.05. The zero-order chi connectivity index (χ0) is 14.3. The van der Waals surface area contributed by atoms with Crippen LogP contribution in [0.3, 0.4) is 0 Å². The fourth-order valence-electron chi connectivity index (χ4n) is 1.56. The molecule has 7 N–H and O–H groups in total. The molecule has 19 heavy (non-hydrogen) atoms. The number of nitrogens with two attached hydrogens (primary N) is 2. The molecule has 1 amide bonds. The quantitative estimate of drug-likeness (QED) is 0.281. The van der Waals surface area contributed by atoms with E-state index >= 15 is 0 Å². The summed E-state index contributed by atoms with van der Waals surface area (Å²) in [6, 6.07) is -0.417. The number of hydrogen-bond donors (Lipinski definition) is 5. The summed E-state index contributed by atoms with van der Waals surface area (Å²) >= 11 is 0. The molecule has 0 saturated carbocycles. The van der Waals surface area contributed by atoms with Gasteiger partial charge in [-0.2, -0.15) is 0 Å². The summed E-state index contributed by atoms with van der Waals surface area (Å²) < 4.78 is 0. The van der Waals surface area contributed by atoms with Crippen molar-refractivity contribution in [3.63, 3.8) is 0 Å². The van der Waals surface area contributed by atoms with Gasteiger partial charge in [-0.25, -0.2) is 0 Å². The number of carbonyl (C=O) groups excluding carboxylic acids is 1. The van der Waals surface area contributed by atoms with Gasteiger partial charge in [-0.1, -0.05) is 0 Å². The molecular formula is C13H31N5O. The van der Waals surface area contributed by atoms with Crippen LogP contribution in [0.5, 0.6) is 0 Å². The molecule has 0 unspecified atom stereocenters. The number of carbonyl (C=O) groups is 1. The molecule has 0 aliphatic rings. The maximum absolute atomic E-state index is 11.2. The average molecular weight is 273 g/mol. The minimum Gasteiger partial charge on any atom is -0.355 e. The highest BCUT2D eigenvalue weighted by molar-refractivity contribution is 5.80. The average Bonchev–Trinajstić information content (AvgIpc) is 2.39. The van der Waals surface area contributed by atoms with E-state index in [-0.39, 0.29) is 5.91 Å². The van der Waals surface area contributed by atoms with Crippen molar-refractivity contribution < 1.29 is 4.79 Å². The molecule has 6 nitrogen and oxygen atoms in total. The van der Waals surface area contributed by atoms with Crippen molar-refractivity contribution in [3.8, 4) is 0 Å². The van der Waals surface area contributed by atoms with Crippen LogP contribution in [-0.2, 0) is 4.79 Å². The van der Waals surface area contributed by atoms with Gasteiger partial charge in [-0.3, -0.25) is 4.79 Å². The first-order chi connectivity index (χ1) is 9.18. The Bertz CT molecular complexity index is 211. The van der Waals surface area contributed by atoms with Crippen LogP contribution in [0.2, 0.25) is 0 Å². The number of amides is 1. The van der Waals surface area contributed by atoms with Gasteiger partial charge in [-0.15, -0.1) is 0 Å². The number of unbranched alkanes of at least 4 members (excludes halogenated alkanes) is 1. The first-order valence-electron chi connectivity index (χ1n) is 7.33. The second-order valence-electron chi connectivity index (χ2n) is 4.78. The van der Waals surface area contributed by atoms with E-state index in [1.165, 1.54) is 12.8 Å². The van der Waals surface area contributed by atoms with E-state index in [4.69, 9.17) is 11.5 Å². The van der Waals surface area contributed by atoms with Crippen molar-refractivity contribution in [2.24, 2.45) is 11.5 Å². The third-order valence-corrected chi connectivity index (χ3v) is 2.76. The summed E-state index contributed by atoms with van der Waals surface area (Å²) in [5, 5.41) is 9.50. The first-order valence-corrected chi connectivity index (χ1v) is 7.33. The van der Waals surface area contributed by atoms with E-state index in [0.29, 0.717) is 6.54 Å². The zero-order valence-corrected chi connectivity index (χ0v) is 12.2. The van der Waals surface area contributed by atoms with Gasteiger partial charge in [0, 0.05) is 6.54 Å². The van der Waals surface area contributed by atoms with E-state index in [1.807, 2.05) is 0 Å². The molecule has 0 spiro atoms. The Morgan fingerprint density at radius 2 is 1.47 bits per heavy atom. The van der Waals surface area contributed by atoms with Gasteiger partial charge in [-0.05, 0) is 65.3 Å². The Morgan fingerprint density at radius 1 is 0.947 bits per heavy atom. The molecular weight excluding hydrogens is 242 g/mol. The lowest BCUT2D eigenvalue weighted by atomic mass is 10.3. The molecule has 0 aliphatic heterocycles. The highest BCUT2D eigenvalue weighted by Gasteiger charge is 2.04. The first kappa shape index (κ1) is 18.3. The molecule has 0 aliphatic carbocycles. The van der Waals surface area contributed by atoms with Crippen molar-refractivity contribution in [2.75, 3.05) is 39.3 Å². The van der Waals surface area contributed by atoms with E-state index in [1.54, 1.807) is 6.92 Å². The maximum Gasteiger partial charge on any atom is 0.236 e. The molecule has 0 fully saturated rings. The predicted molar refractivity (Wildman–Crippen MR) is 79.9 cm³/mol.